The van der Waals surface area contributed by atoms with E-state index < -0.39 is 37.0 Å². The Bertz CT molecular complexity index is 1500. The molecule has 10 nitrogen and oxygen atoms in total. The summed E-state index contributed by atoms with van der Waals surface area (Å²) in [7, 11) is 1.16. The zero-order valence-corrected chi connectivity index (χ0v) is 21.2. The van der Waals surface area contributed by atoms with E-state index in [1.807, 2.05) is 0 Å². The number of para-hydroxylation sites is 1. The van der Waals surface area contributed by atoms with Crippen LogP contribution in [0.4, 0.5) is 13.2 Å². The molecular formula is C22H17BrClF3N6O4. The predicted octanol–water partition coefficient (Wildman–Crippen LogP) is 3.47. The summed E-state index contributed by atoms with van der Waals surface area (Å²) < 4.78 is 47.4. The van der Waals surface area contributed by atoms with Crippen LogP contribution in [0.2, 0.25) is 5.02 Å². The Morgan fingerprint density at radius 1 is 1.16 bits per heavy atom. The monoisotopic (exact) mass is 600 g/mol. The molecule has 2 heterocycles. The minimum atomic E-state index is -4.96. The molecule has 37 heavy (non-hydrogen) atoms. The van der Waals surface area contributed by atoms with Gasteiger partial charge in [0, 0.05) is 15.1 Å². The lowest BCUT2D eigenvalue weighted by Gasteiger charge is -2.15. The highest BCUT2D eigenvalue weighted by atomic mass is 79.9. The molecule has 194 valence electrons. The Hall–Kier alpha value is -3.49. The largest absolute Gasteiger partial charge is 0.463 e. The molecule has 4 rings (SSSR count). The first kappa shape index (κ1) is 26.6. The van der Waals surface area contributed by atoms with Gasteiger partial charge in [-0.25, -0.2) is 23.9 Å². The van der Waals surface area contributed by atoms with Crippen molar-refractivity contribution in [3.8, 4) is 17.1 Å². The number of carbonyl (C=O) groups is 1. The quantitative estimate of drug-likeness (QED) is 0.323. The van der Waals surface area contributed by atoms with Gasteiger partial charge >= 0.3 is 17.8 Å². The van der Waals surface area contributed by atoms with Crippen LogP contribution in [0.15, 0.2) is 57.8 Å². The number of alkyl halides is 3. The molecule has 0 radical (unpaired) electrons. The van der Waals surface area contributed by atoms with Crippen LogP contribution in [0.1, 0.15) is 16.4 Å². The van der Waals surface area contributed by atoms with Crippen molar-refractivity contribution in [3.63, 3.8) is 0 Å². The summed E-state index contributed by atoms with van der Waals surface area (Å²) in [5.74, 6) is -1.17. The second-order valence-electron chi connectivity index (χ2n) is 7.65. The third-order valence-electron chi connectivity index (χ3n) is 5.15. The standard InChI is InChI=1S/C22H17BrClF3N6O4/c1-37-20(35)19-28-17(29-33(19)15-5-3-2-4-14(15)23)11-32-21(36)31(10-16(34)22(25,26)27)18(30-32)12-6-8-13(24)9-7-12/h2-9,16,34H,10-11H2,1H3. The van der Waals surface area contributed by atoms with Crippen molar-refractivity contribution < 1.29 is 27.8 Å². The fourth-order valence-corrected chi connectivity index (χ4v) is 3.95. The molecule has 0 amide bonds. The summed E-state index contributed by atoms with van der Waals surface area (Å²) in [5, 5.41) is 18.5. The first-order chi connectivity index (χ1) is 17.5. The van der Waals surface area contributed by atoms with Crippen molar-refractivity contribution in [1.82, 2.24) is 29.1 Å². The lowest BCUT2D eigenvalue weighted by Crippen LogP contribution is -2.37. The number of benzene rings is 2. The van der Waals surface area contributed by atoms with Crippen molar-refractivity contribution in [2.24, 2.45) is 0 Å². The Balaban J connectivity index is 1.79. The summed E-state index contributed by atoms with van der Waals surface area (Å²) in [6, 6.07) is 12.7. The van der Waals surface area contributed by atoms with Gasteiger partial charge in [0.1, 0.15) is 6.54 Å². The molecule has 0 spiro atoms. The number of hydrogen-bond donors (Lipinski definition) is 1. The van der Waals surface area contributed by atoms with Gasteiger partial charge in [0.05, 0.1) is 19.3 Å². The second-order valence-corrected chi connectivity index (χ2v) is 8.94. The fourth-order valence-electron chi connectivity index (χ4n) is 3.37. The molecule has 0 aliphatic heterocycles. The molecule has 0 saturated carbocycles. The van der Waals surface area contributed by atoms with E-state index in [1.54, 1.807) is 24.3 Å². The van der Waals surface area contributed by atoms with Crippen LogP contribution >= 0.6 is 27.5 Å². The zero-order valence-electron chi connectivity index (χ0n) is 18.9. The predicted molar refractivity (Wildman–Crippen MR) is 128 cm³/mol. The highest BCUT2D eigenvalue weighted by Crippen LogP contribution is 2.25. The van der Waals surface area contributed by atoms with Crippen molar-refractivity contribution in [1.29, 1.82) is 0 Å². The average Bonchev–Trinajstić information content (AvgIpc) is 3.40. The highest BCUT2D eigenvalue weighted by Gasteiger charge is 2.39. The number of esters is 1. The Morgan fingerprint density at radius 3 is 2.46 bits per heavy atom. The first-order valence-electron chi connectivity index (χ1n) is 10.5. The van der Waals surface area contributed by atoms with Crippen LogP contribution in [0.25, 0.3) is 17.1 Å². The van der Waals surface area contributed by atoms with Crippen LogP contribution in [-0.4, -0.2) is 59.6 Å². The van der Waals surface area contributed by atoms with Gasteiger partial charge in [-0.05, 0) is 52.3 Å². The van der Waals surface area contributed by atoms with E-state index in [0.29, 0.717) is 19.7 Å². The van der Waals surface area contributed by atoms with Gasteiger partial charge in [-0.15, -0.1) is 10.2 Å². The van der Waals surface area contributed by atoms with E-state index in [-0.39, 0.29) is 23.0 Å². The molecule has 2 aromatic carbocycles. The molecule has 1 N–H and O–H groups in total. The number of aromatic nitrogens is 6. The molecule has 0 fully saturated rings. The summed E-state index contributed by atoms with van der Waals surface area (Å²) in [6.07, 6.45) is -7.77. The van der Waals surface area contributed by atoms with E-state index in [2.05, 4.69) is 31.1 Å². The Labute approximate surface area is 220 Å². The number of ether oxygens (including phenoxy) is 1. The SMILES string of the molecule is COC(=O)c1nc(Cn2nc(-c3ccc(Cl)cc3)n(CC(O)C(F)(F)F)c2=O)nn1-c1ccccc1Br. The number of aliphatic hydroxyl groups excluding tert-OH is 1. The van der Waals surface area contributed by atoms with Crippen LogP contribution in [0.3, 0.4) is 0 Å². The van der Waals surface area contributed by atoms with E-state index in [9.17, 15) is 27.9 Å². The summed E-state index contributed by atoms with van der Waals surface area (Å²) in [6.45, 7) is -1.48. The molecule has 0 aliphatic carbocycles. The summed E-state index contributed by atoms with van der Waals surface area (Å²) >= 11 is 9.27. The van der Waals surface area contributed by atoms with Gasteiger partial charge in [-0.2, -0.15) is 13.2 Å². The van der Waals surface area contributed by atoms with E-state index in [0.717, 1.165) is 11.8 Å². The maximum Gasteiger partial charge on any atom is 0.416 e. The van der Waals surface area contributed by atoms with Gasteiger partial charge in [0.2, 0.25) is 5.82 Å². The zero-order chi connectivity index (χ0) is 26.9. The van der Waals surface area contributed by atoms with Crippen LogP contribution in [-0.2, 0) is 17.8 Å². The number of halogens is 5. The van der Waals surface area contributed by atoms with Gasteiger partial charge in [0.15, 0.2) is 17.8 Å². The first-order valence-corrected chi connectivity index (χ1v) is 11.6. The fraction of sp³-hybridized carbons (Fsp3) is 0.227. The minimum absolute atomic E-state index is 0.0399. The van der Waals surface area contributed by atoms with E-state index in [4.69, 9.17) is 16.3 Å². The van der Waals surface area contributed by atoms with E-state index in [1.165, 1.54) is 28.9 Å². The lowest BCUT2D eigenvalue weighted by atomic mass is 10.2. The van der Waals surface area contributed by atoms with Crippen LogP contribution in [0, 0.1) is 0 Å². The molecule has 0 bridgehead atoms. The Morgan fingerprint density at radius 2 is 1.84 bits per heavy atom. The second kappa shape index (κ2) is 10.5. The molecule has 0 aliphatic rings. The van der Waals surface area contributed by atoms with E-state index >= 15 is 0 Å². The average molecular weight is 602 g/mol. The van der Waals surface area contributed by atoms with Gasteiger partial charge < -0.3 is 9.84 Å². The van der Waals surface area contributed by atoms with Crippen molar-refractivity contribution in [3.05, 3.63) is 80.2 Å². The summed E-state index contributed by atoms with van der Waals surface area (Å²) in [4.78, 5) is 29.6. The smallest absolute Gasteiger partial charge is 0.416 e. The van der Waals surface area contributed by atoms with Crippen molar-refractivity contribution in [2.75, 3.05) is 7.11 Å². The normalized spacial score (nSPS) is 12.5. The molecule has 1 unspecified atom stereocenters. The number of methoxy groups -OCH3 is 1. The molecule has 4 aromatic rings. The van der Waals surface area contributed by atoms with Crippen LogP contribution in [0.5, 0.6) is 0 Å². The van der Waals surface area contributed by atoms with Crippen molar-refractivity contribution in [2.45, 2.75) is 25.4 Å². The summed E-state index contributed by atoms with van der Waals surface area (Å²) in [5.41, 5.74) is -0.212. The maximum atomic E-state index is 13.1. The maximum absolute atomic E-state index is 13.1. The van der Waals surface area contributed by atoms with Crippen molar-refractivity contribution >= 4 is 33.5 Å². The van der Waals surface area contributed by atoms with Gasteiger partial charge in [0.25, 0.3) is 0 Å². The molecule has 0 saturated heterocycles. The van der Waals surface area contributed by atoms with Gasteiger partial charge in [-0.1, -0.05) is 23.7 Å². The number of carbonyl (C=O) groups excluding carboxylic acids is 1. The highest BCUT2D eigenvalue weighted by molar-refractivity contribution is 9.10. The molecule has 2 aromatic heterocycles. The third kappa shape index (κ3) is 5.60. The molecule has 1 atom stereocenters. The van der Waals surface area contributed by atoms with Crippen LogP contribution < -0.4 is 5.69 Å². The number of aliphatic hydroxyl groups is 1. The molecule has 15 heteroatoms. The Kier molecular flexibility index (Phi) is 7.52. The number of rotatable bonds is 7. The minimum Gasteiger partial charge on any atom is -0.463 e. The third-order valence-corrected chi connectivity index (χ3v) is 6.07. The topological polar surface area (TPSA) is 117 Å². The number of hydrogen-bond acceptors (Lipinski definition) is 7. The number of nitrogens with zero attached hydrogens (tertiary/aromatic N) is 6. The molecular weight excluding hydrogens is 585 g/mol. The lowest BCUT2D eigenvalue weighted by molar-refractivity contribution is -0.207. The van der Waals surface area contributed by atoms with Gasteiger partial charge in [-0.3, -0.25) is 4.57 Å².